The molecule has 3 nitrogen and oxygen atoms in total. The van der Waals surface area contributed by atoms with E-state index in [0.717, 1.165) is 5.56 Å². The molecule has 1 atom stereocenters. The number of halogens is 1. The van der Waals surface area contributed by atoms with Crippen molar-refractivity contribution < 1.29 is 9.18 Å². The van der Waals surface area contributed by atoms with Gasteiger partial charge in [-0.15, -0.1) is 0 Å². The minimum Gasteiger partial charge on any atom is -0.350 e. The average Bonchev–Trinajstić information content (AvgIpc) is 3.13. The first kappa shape index (κ1) is 13.0. The second-order valence-electron chi connectivity index (χ2n) is 4.82. The molecule has 1 fully saturated rings. The van der Waals surface area contributed by atoms with Gasteiger partial charge in [-0.25, -0.2) is 4.39 Å². The minimum atomic E-state index is -0.274. The first-order valence-corrected chi connectivity index (χ1v) is 6.43. The third-order valence-electron chi connectivity index (χ3n) is 3.09. The quantitative estimate of drug-likeness (QED) is 0.812. The maximum atomic E-state index is 13.0. The van der Waals surface area contributed by atoms with Crippen molar-refractivity contribution in [2.24, 2.45) is 0 Å². The fourth-order valence-electron chi connectivity index (χ4n) is 1.85. The monoisotopic (exact) mass is 250 g/mol. The molecule has 1 aliphatic rings. The Kier molecular flexibility index (Phi) is 4.31. The maximum Gasteiger partial charge on any atom is 0.221 e. The van der Waals surface area contributed by atoms with Gasteiger partial charge in [0.15, 0.2) is 0 Å². The van der Waals surface area contributed by atoms with Crippen LogP contribution in [-0.4, -0.2) is 18.5 Å². The van der Waals surface area contributed by atoms with E-state index in [9.17, 15) is 9.18 Å². The summed E-state index contributed by atoms with van der Waals surface area (Å²) in [4.78, 5) is 11.7. The summed E-state index contributed by atoms with van der Waals surface area (Å²) in [6, 6.07) is 6.79. The van der Waals surface area contributed by atoms with E-state index in [1.54, 1.807) is 6.07 Å². The Morgan fingerprint density at radius 1 is 1.50 bits per heavy atom. The number of benzene rings is 1. The van der Waals surface area contributed by atoms with Gasteiger partial charge in [0.25, 0.3) is 0 Å². The standard InChI is InChI=1S/C14H19FN2O/c1-10(11-3-2-4-12(15)9-11)17-14(18)7-8-16-13-5-6-13/h2-4,9-10,13,16H,5-8H2,1H3,(H,17,18)/t10-/m0/s1. The van der Waals surface area contributed by atoms with Crippen molar-refractivity contribution in [3.63, 3.8) is 0 Å². The number of carbonyl (C=O) groups excluding carboxylic acids is 1. The van der Waals surface area contributed by atoms with Crippen molar-refractivity contribution in [2.45, 2.75) is 38.3 Å². The molecule has 0 aromatic heterocycles. The lowest BCUT2D eigenvalue weighted by Crippen LogP contribution is -2.30. The van der Waals surface area contributed by atoms with Crippen molar-refractivity contribution >= 4 is 5.91 Å². The Balaban J connectivity index is 1.75. The number of hydrogen-bond donors (Lipinski definition) is 2. The fourth-order valence-corrected chi connectivity index (χ4v) is 1.85. The van der Waals surface area contributed by atoms with Crippen molar-refractivity contribution in [2.75, 3.05) is 6.54 Å². The van der Waals surface area contributed by atoms with E-state index in [1.165, 1.54) is 25.0 Å². The van der Waals surface area contributed by atoms with Crippen LogP contribution in [-0.2, 0) is 4.79 Å². The van der Waals surface area contributed by atoms with Gasteiger partial charge in [-0.2, -0.15) is 0 Å². The van der Waals surface area contributed by atoms with Gasteiger partial charge in [0.1, 0.15) is 5.82 Å². The smallest absolute Gasteiger partial charge is 0.221 e. The van der Waals surface area contributed by atoms with Crippen LogP contribution < -0.4 is 10.6 Å². The molecule has 0 aliphatic heterocycles. The molecule has 0 saturated heterocycles. The van der Waals surface area contributed by atoms with Gasteiger partial charge in [0.05, 0.1) is 6.04 Å². The van der Waals surface area contributed by atoms with Gasteiger partial charge in [-0.3, -0.25) is 4.79 Å². The Labute approximate surface area is 107 Å². The van der Waals surface area contributed by atoms with E-state index in [0.29, 0.717) is 19.0 Å². The number of nitrogens with one attached hydrogen (secondary N) is 2. The maximum absolute atomic E-state index is 13.0. The molecule has 0 unspecified atom stereocenters. The molecule has 4 heteroatoms. The summed E-state index contributed by atoms with van der Waals surface area (Å²) in [6.45, 7) is 2.58. The number of amides is 1. The Morgan fingerprint density at radius 2 is 2.28 bits per heavy atom. The van der Waals surface area contributed by atoms with Crippen molar-refractivity contribution in [3.05, 3.63) is 35.6 Å². The largest absolute Gasteiger partial charge is 0.350 e. The lowest BCUT2D eigenvalue weighted by Gasteiger charge is -2.14. The number of rotatable bonds is 6. The molecule has 1 aromatic carbocycles. The van der Waals surface area contributed by atoms with Crippen LogP contribution in [0.2, 0.25) is 0 Å². The molecule has 0 bridgehead atoms. The first-order valence-electron chi connectivity index (χ1n) is 6.43. The van der Waals surface area contributed by atoms with Crippen molar-refractivity contribution in [3.8, 4) is 0 Å². The third kappa shape index (κ3) is 4.11. The summed E-state index contributed by atoms with van der Waals surface area (Å²) in [5.41, 5.74) is 0.790. The molecular weight excluding hydrogens is 231 g/mol. The van der Waals surface area contributed by atoms with E-state index >= 15 is 0 Å². The van der Waals surface area contributed by atoms with E-state index < -0.39 is 0 Å². The molecule has 0 radical (unpaired) electrons. The van der Waals surface area contributed by atoms with E-state index in [4.69, 9.17) is 0 Å². The zero-order valence-corrected chi connectivity index (χ0v) is 10.6. The van der Waals surface area contributed by atoms with Crippen LogP contribution in [0.4, 0.5) is 4.39 Å². The molecule has 98 valence electrons. The zero-order valence-electron chi connectivity index (χ0n) is 10.6. The first-order chi connectivity index (χ1) is 8.65. The zero-order chi connectivity index (χ0) is 13.0. The predicted molar refractivity (Wildman–Crippen MR) is 68.6 cm³/mol. The van der Waals surface area contributed by atoms with E-state index in [2.05, 4.69) is 10.6 Å². The SMILES string of the molecule is C[C@H](NC(=O)CCNC1CC1)c1cccc(F)c1. The third-order valence-corrected chi connectivity index (χ3v) is 3.09. The lowest BCUT2D eigenvalue weighted by atomic mass is 10.1. The number of carbonyl (C=O) groups is 1. The van der Waals surface area contributed by atoms with Crippen LogP contribution in [0.1, 0.15) is 37.8 Å². The fraction of sp³-hybridized carbons (Fsp3) is 0.500. The summed E-state index contributed by atoms with van der Waals surface area (Å²) in [5, 5.41) is 6.16. The molecule has 1 amide bonds. The summed E-state index contributed by atoms with van der Waals surface area (Å²) in [7, 11) is 0. The van der Waals surface area contributed by atoms with Gasteiger partial charge in [-0.1, -0.05) is 12.1 Å². The van der Waals surface area contributed by atoms with Crippen LogP contribution >= 0.6 is 0 Å². The molecular formula is C14H19FN2O. The van der Waals surface area contributed by atoms with Crippen LogP contribution in [0.3, 0.4) is 0 Å². The van der Waals surface area contributed by atoms with Crippen LogP contribution in [0.25, 0.3) is 0 Å². The molecule has 2 N–H and O–H groups in total. The molecule has 0 spiro atoms. The highest BCUT2D eigenvalue weighted by molar-refractivity contribution is 5.76. The minimum absolute atomic E-state index is 0.0000822. The highest BCUT2D eigenvalue weighted by Gasteiger charge is 2.20. The molecule has 1 aromatic rings. The highest BCUT2D eigenvalue weighted by Crippen LogP contribution is 2.18. The van der Waals surface area contributed by atoms with Crippen LogP contribution in [0, 0.1) is 5.82 Å². The van der Waals surface area contributed by atoms with Crippen LogP contribution in [0.5, 0.6) is 0 Å². The summed E-state index contributed by atoms with van der Waals surface area (Å²) in [5.74, 6) is -0.274. The Morgan fingerprint density at radius 3 is 2.94 bits per heavy atom. The van der Waals surface area contributed by atoms with Crippen molar-refractivity contribution in [1.29, 1.82) is 0 Å². The van der Waals surface area contributed by atoms with Gasteiger partial charge in [0.2, 0.25) is 5.91 Å². The Bertz CT molecular complexity index is 418. The summed E-state index contributed by atoms with van der Waals surface area (Å²) >= 11 is 0. The van der Waals surface area contributed by atoms with Gasteiger partial charge >= 0.3 is 0 Å². The second-order valence-corrected chi connectivity index (χ2v) is 4.82. The molecule has 18 heavy (non-hydrogen) atoms. The summed E-state index contributed by atoms with van der Waals surface area (Å²) in [6.07, 6.45) is 2.92. The van der Waals surface area contributed by atoms with Crippen molar-refractivity contribution in [1.82, 2.24) is 10.6 Å². The topological polar surface area (TPSA) is 41.1 Å². The molecule has 0 heterocycles. The molecule has 1 saturated carbocycles. The predicted octanol–water partition coefficient (Wildman–Crippen LogP) is 2.14. The highest BCUT2D eigenvalue weighted by atomic mass is 19.1. The average molecular weight is 250 g/mol. The number of hydrogen-bond acceptors (Lipinski definition) is 2. The molecule has 2 rings (SSSR count). The van der Waals surface area contributed by atoms with Crippen LogP contribution in [0.15, 0.2) is 24.3 Å². The molecule has 1 aliphatic carbocycles. The Hall–Kier alpha value is -1.42. The lowest BCUT2D eigenvalue weighted by molar-refractivity contribution is -0.121. The van der Waals surface area contributed by atoms with E-state index in [-0.39, 0.29) is 17.8 Å². The van der Waals surface area contributed by atoms with Gasteiger partial charge in [0, 0.05) is 19.0 Å². The van der Waals surface area contributed by atoms with Gasteiger partial charge < -0.3 is 10.6 Å². The van der Waals surface area contributed by atoms with Gasteiger partial charge in [-0.05, 0) is 37.5 Å². The normalized spacial score (nSPS) is 16.3. The second kappa shape index (κ2) is 5.96. The summed E-state index contributed by atoms with van der Waals surface area (Å²) < 4.78 is 13.0. The van der Waals surface area contributed by atoms with E-state index in [1.807, 2.05) is 13.0 Å².